The standard InChI is InChI=1S/C13H14N6O4/c1-3-5-22-12(20)18-10-8-9(15-7-14-8)16-11(17-10)19-13(21)23-6-4-2/h3-4,7H,1-2,5-6H2,(H3,14,15,16,17,18,19,20,21)/p+1. The zero-order chi connectivity index (χ0) is 16.7. The van der Waals surface area contributed by atoms with E-state index in [2.05, 4.69) is 43.7 Å². The molecule has 4 N–H and O–H groups in total. The van der Waals surface area contributed by atoms with Crippen LogP contribution in [0.1, 0.15) is 0 Å². The summed E-state index contributed by atoms with van der Waals surface area (Å²) in [6.45, 7) is 6.97. The second-order valence-electron chi connectivity index (χ2n) is 4.08. The van der Waals surface area contributed by atoms with Gasteiger partial charge in [-0.15, -0.1) is 0 Å². The molecule has 2 aromatic rings. The molecule has 0 aliphatic carbocycles. The first-order chi connectivity index (χ1) is 11.1. The maximum Gasteiger partial charge on any atom is 0.415 e. The third-order valence-electron chi connectivity index (χ3n) is 2.43. The highest BCUT2D eigenvalue weighted by Crippen LogP contribution is 2.17. The lowest BCUT2D eigenvalue weighted by atomic mass is 10.5. The van der Waals surface area contributed by atoms with Gasteiger partial charge in [-0.2, -0.15) is 4.98 Å². The Bertz CT molecular complexity index is 741. The number of anilines is 2. The lowest BCUT2D eigenvalue weighted by Crippen LogP contribution is -2.19. The SMILES string of the molecule is C=CCOC(=O)Nc1nc(NC(=O)OCC=C)c2[nH]c[nH+]c2n1. The first kappa shape index (κ1) is 15.9. The van der Waals surface area contributed by atoms with E-state index in [1.165, 1.54) is 18.5 Å². The van der Waals surface area contributed by atoms with Gasteiger partial charge in [0.05, 0.1) is 0 Å². The number of carbonyl (C=O) groups is 2. The Labute approximate surface area is 130 Å². The number of aromatic amines is 2. The van der Waals surface area contributed by atoms with Crippen LogP contribution < -0.4 is 15.6 Å². The highest BCUT2D eigenvalue weighted by atomic mass is 16.6. The molecule has 2 amide bonds. The molecule has 2 rings (SSSR count). The Balaban J connectivity index is 2.19. The van der Waals surface area contributed by atoms with E-state index in [1.54, 1.807) is 0 Å². The fourth-order valence-electron chi connectivity index (χ4n) is 1.55. The molecule has 10 nitrogen and oxygen atoms in total. The third kappa shape index (κ3) is 4.27. The average molecular weight is 319 g/mol. The van der Waals surface area contributed by atoms with Gasteiger partial charge in [-0.05, 0) is 0 Å². The molecule has 10 heteroatoms. The topological polar surface area (TPSA) is 132 Å². The molecule has 0 spiro atoms. The minimum Gasteiger partial charge on any atom is -0.445 e. The van der Waals surface area contributed by atoms with Crippen molar-refractivity contribution in [2.45, 2.75) is 0 Å². The first-order valence-electron chi connectivity index (χ1n) is 6.50. The van der Waals surface area contributed by atoms with Gasteiger partial charge in [0.15, 0.2) is 12.1 Å². The predicted octanol–water partition coefficient (Wildman–Crippen LogP) is 1.24. The van der Waals surface area contributed by atoms with Crippen LogP contribution in [0.25, 0.3) is 11.2 Å². The highest BCUT2D eigenvalue weighted by Gasteiger charge is 2.19. The van der Waals surface area contributed by atoms with Gasteiger partial charge in [-0.25, -0.2) is 19.9 Å². The van der Waals surface area contributed by atoms with E-state index in [-0.39, 0.29) is 25.0 Å². The number of amides is 2. The summed E-state index contributed by atoms with van der Waals surface area (Å²) in [5.41, 5.74) is 0.809. The summed E-state index contributed by atoms with van der Waals surface area (Å²) >= 11 is 0. The van der Waals surface area contributed by atoms with Crippen LogP contribution in [0.4, 0.5) is 21.4 Å². The van der Waals surface area contributed by atoms with Crippen LogP contribution in [0.2, 0.25) is 0 Å². The number of ether oxygens (including phenoxy) is 2. The van der Waals surface area contributed by atoms with Crippen molar-refractivity contribution in [2.24, 2.45) is 0 Å². The van der Waals surface area contributed by atoms with E-state index in [0.29, 0.717) is 11.2 Å². The first-order valence-corrected chi connectivity index (χ1v) is 6.50. The summed E-state index contributed by atoms with van der Waals surface area (Å²) in [4.78, 5) is 36.9. The molecule has 120 valence electrons. The maximum absolute atomic E-state index is 11.6. The van der Waals surface area contributed by atoms with Gasteiger partial charge in [0.1, 0.15) is 13.2 Å². The number of hydrogen-bond acceptors (Lipinski definition) is 6. The van der Waals surface area contributed by atoms with Crippen LogP contribution in [0.3, 0.4) is 0 Å². The highest BCUT2D eigenvalue weighted by molar-refractivity contribution is 5.94. The van der Waals surface area contributed by atoms with Crippen molar-refractivity contribution in [1.29, 1.82) is 0 Å². The molecular formula is C13H15N6O4+. The molecule has 2 aromatic heterocycles. The van der Waals surface area contributed by atoms with Crippen molar-refractivity contribution in [3.05, 3.63) is 31.6 Å². The number of aromatic nitrogens is 4. The monoisotopic (exact) mass is 319 g/mol. The summed E-state index contributed by atoms with van der Waals surface area (Å²) in [5.74, 6) is 0.0748. The van der Waals surface area contributed by atoms with Gasteiger partial charge < -0.3 is 9.47 Å². The molecule has 2 heterocycles. The lowest BCUT2D eigenvalue weighted by Gasteiger charge is -2.05. The summed E-state index contributed by atoms with van der Waals surface area (Å²) < 4.78 is 9.59. The lowest BCUT2D eigenvalue weighted by molar-refractivity contribution is -0.347. The minimum absolute atomic E-state index is 0.0450. The van der Waals surface area contributed by atoms with E-state index in [4.69, 9.17) is 9.47 Å². The number of nitrogens with zero attached hydrogens (tertiary/aromatic N) is 2. The van der Waals surface area contributed by atoms with Crippen LogP contribution in [-0.2, 0) is 9.47 Å². The van der Waals surface area contributed by atoms with Gasteiger partial charge >= 0.3 is 23.8 Å². The molecule has 0 fully saturated rings. The van der Waals surface area contributed by atoms with Crippen molar-refractivity contribution in [3.8, 4) is 0 Å². The number of fused-ring (bicyclic) bond motifs is 1. The smallest absolute Gasteiger partial charge is 0.415 e. The Kier molecular flexibility index (Phi) is 5.23. The second-order valence-corrected chi connectivity index (χ2v) is 4.08. The van der Waals surface area contributed by atoms with Crippen molar-refractivity contribution in [1.82, 2.24) is 15.0 Å². The van der Waals surface area contributed by atoms with E-state index in [0.717, 1.165) is 0 Å². The molecule has 0 aliphatic rings. The molecule has 0 radical (unpaired) electrons. The van der Waals surface area contributed by atoms with Gasteiger partial charge in [0.25, 0.3) is 0 Å². The van der Waals surface area contributed by atoms with Crippen molar-refractivity contribution >= 4 is 35.1 Å². The molecule has 0 atom stereocenters. The van der Waals surface area contributed by atoms with Crippen molar-refractivity contribution in [2.75, 3.05) is 23.8 Å². The van der Waals surface area contributed by atoms with Gasteiger partial charge in [0.2, 0.25) is 5.52 Å². The predicted molar refractivity (Wildman–Crippen MR) is 80.8 cm³/mol. The molecule has 0 aromatic carbocycles. The number of H-pyrrole nitrogens is 2. The quantitative estimate of drug-likeness (QED) is 0.686. The largest absolute Gasteiger partial charge is 0.445 e. The van der Waals surface area contributed by atoms with Crippen LogP contribution in [0.15, 0.2) is 31.6 Å². The number of nitrogens with one attached hydrogen (secondary N) is 4. The minimum atomic E-state index is -0.750. The van der Waals surface area contributed by atoms with E-state index >= 15 is 0 Å². The Morgan fingerprint density at radius 1 is 1.17 bits per heavy atom. The molecule has 0 unspecified atom stereocenters. The Morgan fingerprint density at radius 3 is 2.48 bits per heavy atom. The van der Waals surface area contributed by atoms with Crippen LogP contribution >= 0.6 is 0 Å². The number of imidazole rings is 1. The fraction of sp³-hybridized carbons (Fsp3) is 0.154. The summed E-state index contributed by atoms with van der Waals surface area (Å²) in [6.07, 6.45) is 2.88. The van der Waals surface area contributed by atoms with Crippen LogP contribution in [0.5, 0.6) is 0 Å². The van der Waals surface area contributed by atoms with E-state index in [9.17, 15) is 9.59 Å². The number of rotatable bonds is 6. The van der Waals surface area contributed by atoms with Crippen molar-refractivity contribution in [3.63, 3.8) is 0 Å². The van der Waals surface area contributed by atoms with Gasteiger partial charge in [-0.1, -0.05) is 30.3 Å². The maximum atomic E-state index is 11.6. The summed E-state index contributed by atoms with van der Waals surface area (Å²) in [5, 5.41) is 4.79. The Hall–Kier alpha value is -3.43. The molecular weight excluding hydrogens is 304 g/mol. The number of hydrogen-bond donors (Lipinski definition) is 3. The van der Waals surface area contributed by atoms with Crippen LogP contribution in [-0.4, -0.2) is 40.4 Å². The third-order valence-corrected chi connectivity index (χ3v) is 2.43. The molecule has 0 saturated carbocycles. The van der Waals surface area contributed by atoms with Crippen LogP contribution in [0, 0.1) is 0 Å². The van der Waals surface area contributed by atoms with E-state index < -0.39 is 12.2 Å². The van der Waals surface area contributed by atoms with E-state index in [1.807, 2.05) is 0 Å². The normalized spacial score (nSPS) is 9.91. The summed E-state index contributed by atoms with van der Waals surface area (Å²) in [6, 6.07) is 0. The average Bonchev–Trinajstić information content (AvgIpc) is 2.99. The second kappa shape index (κ2) is 7.54. The van der Waals surface area contributed by atoms with Crippen molar-refractivity contribution < 1.29 is 24.0 Å². The molecule has 23 heavy (non-hydrogen) atoms. The summed E-state index contributed by atoms with van der Waals surface area (Å²) in [7, 11) is 0. The van der Waals surface area contributed by atoms with Gasteiger partial charge in [-0.3, -0.25) is 10.3 Å². The molecule has 0 aliphatic heterocycles. The fourth-order valence-corrected chi connectivity index (χ4v) is 1.55. The molecule has 0 bridgehead atoms. The van der Waals surface area contributed by atoms with Gasteiger partial charge in [0, 0.05) is 0 Å². The number of carbonyl (C=O) groups excluding carboxylic acids is 2. The zero-order valence-electron chi connectivity index (χ0n) is 12.1. The molecule has 0 saturated heterocycles. The zero-order valence-corrected chi connectivity index (χ0v) is 12.1. The Morgan fingerprint density at radius 2 is 1.83 bits per heavy atom.